The third-order valence-electron chi connectivity index (χ3n) is 7.38. The van der Waals surface area contributed by atoms with Crippen molar-refractivity contribution < 1.29 is 23.9 Å². The zero-order valence-corrected chi connectivity index (χ0v) is 21.3. The van der Waals surface area contributed by atoms with Gasteiger partial charge in [0.25, 0.3) is 5.91 Å². The van der Waals surface area contributed by atoms with Crippen LogP contribution in [-0.4, -0.2) is 41.2 Å². The summed E-state index contributed by atoms with van der Waals surface area (Å²) in [5.41, 5.74) is 5.49. The van der Waals surface area contributed by atoms with Crippen molar-refractivity contribution >= 4 is 17.5 Å². The number of quaternary nitrogens is 1. The molecule has 1 atom stereocenters. The van der Waals surface area contributed by atoms with Crippen molar-refractivity contribution in [2.75, 3.05) is 25.1 Å². The number of carbonyl (C=O) groups excluding carboxylic acids is 2. The Morgan fingerprint density at radius 2 is 1.77 bits per heavy atom. The van der Waals surface area contributed by atoms with E-state index in [9.17, 15) is 14.7 Å². The number of carbonyl (C=O) groups is 2. The number of phenols is 1. The molecule has 0 saturated carbocycles. The van der Waals surface area contributed by atoms with Gasteiger partial charge in [-0.15, -0.1) is 0 Å². The predicted octanol–water partition coefficient (Wildman–Crippen LogP) is 5.47. The second-order valence-electron chi connectivity index (χ2n) is 9.64. The third kappa shape index (κ3) is 4.37. The number of aromatic hydroxyl groups is 1. The Balaban J connectivity index is 1.31. The summed E-state index contributed by atoms with van der Waals surface area (Å²) in [5, 5.41) is 17.1. The number of ether oxygens (including phenoxy) is 1. The number of nitrogens with one attached hydrogen (secondary N) is 2. The number of amides is 2. The van der Waals surface area contributed by atoms with Crippen molar-refractivity contribution in [2.45, 2.75) is 6.42 Å². The fourth-order valence-corrected chi connectivity index (χ4v) is 5.45. The molecule has 7 nitrogen and oxygen atoms in total. The topological polar surface area (TPSA) is 87.7 Å². The fraction of sp³-hybridized carbons (Fsp3) is 0.125. The highest BCUT2D eigenvalue weighted by atomic mass is 16.5. The highest BCUT2D eigenvalue weighted by Gasteiger charge is 2.50. The van der Waals surface area contributed by atoms with E-state index in [1.54, 1.807) is 18.2 Å². The monoisotopic (exact) mass is 518 g/mol. The second kappa shape index (κ2) is 10.2. The number of nitrogens with zero attached hydrogens (tertiary/aromatic N) is 1. The molecule has 194 valence electrons. The number of allylic oxidation sites excluding steroid dienone is 4. The molecular weight excluding hydrogens is 490 g/mol. The first kappa shape index (κ1) is 24.6. The van der Waals surface area contributed by atoms with E-state index in [4.69, 9.17) is 4.74 Å². The predicted molar refractivity (Wildman–Crippen MR) is 149 cm³/mol. The number of fused-ring (bicyclic) bond motifs is 3. The number of hydrogen-bond acceptors (Lipinski definition) is 5. The van der Waals surface area contributed by atoms with Gasteiger partial charge < -0.3 is 20.5 Å². The molecular formula is C32H28N3O4+. The maximum Gasteiger partial charge on any atom is 0.359 e. The minimum atomic E-state index is -0.305. The summed E-state index contributed by atoms with van der Waals surface area (Å²) in [7, 11) is 0. The molecule has 1 saturated heterocycles. The largest absolute Gasteiger partial charge is 0.507 e. The number of morpholine rings is 1. The zero-order valence-electron chi connectivity index (χ0n) is 21.3. The lowest BCUT2D eigenvalue weighted by Gasteiger charge is -2.41. The Hall–Kier alpha value is -4.72. The first-order chi connectivity index (χ1) is 19.1. The Labute approximate surface area is 226 Å². The molecule has 3 N–H and O–H groups in total. The van der Waals surface area contributed by atoms with Crippen molar-refractivity contribution in [1.29, 1.82) is 0 Å². The number of hydrogen-bond donors (Lipinski definition) is 3. The van der Waals surface area contributed by atoms with Gasteiger partial charge >= 0.3 is 5.91 Å². The summed E-state index contributed by atoms with van der Waals surface area (Å²) in [4.78, 5) is 27.5. The van der Waals surface area contributed by atoms with E-state index in [1.807, 2.05) is 79.2 Å². The van der Waals surface area contributed by atoms with E-state index >= 15 is 0 Å². The first-order valence-electron chi connectivity index (χ1n) is 12.9. The molecule has 6 rings (SSSR count). The maximum absolute atomic E-state index is 14.2. The second-order valence-corrected chi connectivity index (χ2v) is 9.64. The minimum absolute atomic E-state index is 0.0487. The fourth-order valence-electron chi connectivity index (χ4n) is 5.45. The number of anilines is 1. The lowest BCUT2D eigenvalue weighted by molar-refractivity contribution is -0.779. The van der Waals surface area contributed by atoms with Crippen LogP contribution in [0.2, 0.25) is 0 Å². The Bertz CT molecular complexity index is 1590. The van der Waals surface area contributed by atoms with Gasteiger partial charge in [0, 0.05) is 35.2 Å². The van der Waals surface area contributed by atoms with E-state index in [-0.39, 0.29) is 27.6 Å². The van der Waals surface area contributed by atoms with E-state index in [0.29, 0.717) is 37.4 Å². The SMILES string of the molecule is O=C(Nc1ccc(C(=O)[N+]23CCOCC2=CNC=C2CC=CC=C23)c(O)c1)c1ccccc1-c1ccccc1. The molecule has 2 heterocycles. The van der Waals surface area contributed by atoms with Crippen LogP contribution in [0, 0.1) is 0 Å². The lowest BCUT2D eigenvalue weighted by atomic mass is 9.98. The minimum Gasteiger partial charge on any atom is -0.507 e. The summed E-state index contributed by atoms with van der Waals surface area (Å²) in [6.45, 7) is 1.13. The first-order valence-corrected chi connectivity index (χ1v) is 12.9. The molecule has 0 spiro atoms. The van der Waals surface area contributed by atoms with Crippen LogP contribution in [-0.2, 0) is 4.74 Å². The molecule has 1 aliphatic carbocycles. The van der Waals surface area contributed by atoms with E-state index in [0.717, 1.165) is 28.1 Å². The molecule has 1 unspecified atom stereocenters. The molecule has 3 aromatic rings. The molecule has 1 fully saturated rings. The van der Waals surface area contributed by atoms with E-state index < -0.39 is 0 Å². The standard InChI is InChI=1S/C32H27N3O4/c36-30-18-24(34-31(37)27-12-6-5-11-26(27)22-8-2-1-3-9-22)14-15-28(30)32(38)35-16-17-39-21-25(35)20-33-19-23-10-4-7-13-29(23)35/h1-9,11-15,18-20,33H,10,16-17,21H2,(H-,34,36,37,38)/p+1. The summed E-state index contributed by atoms with van der Waals surface area (Å²) in [5.74, 6) is -0.742. The molecule has 0 aromatic heterocycles. The highest BCUT2D eigenvalue weighted by Crippen LogP contribution is 2.41. The van der Waals surface area contributed by atoms with Crippen LogP contribution in [0.15, 0.2) is 120 Å². The quantitative estimate of drug-likeness (QED) is 0.399. The van der Waals surface area contributed by atoms with E-state index in [2.05, 4.69) is 10.6 Å². The van der Waals surface area contributed by atoms with Gasteiger partial charge in [-0.2, -0.15) is 4.48 Å². The van der Waals surface area contributed by atoms with Gasteiger partial charge in [-0.1, -0.05) is 60.7 Å². The molecule has 2 amide bonds. The van der Waals surface area contributed by atoms with Crippen LogP contribution in [0.25, 0.3) is 11.1 Å². The summed E-state index contributed by atoms with van der Waals surface area (Å²) >= 11 is 0. The number of phenolic OH excluding ortho intramolecular Hbond substituents is 1. The van der Waals surface area contributed by atoms with Crippen LogP contribution < -0.4 is 10.6 Å². The smallest absolute Gasteiger partial charge is 0.359 e. The van der Waals surface area contributed by atoms with Crippen molar-refractivity contribution in [2.24, 2.45) is 0 Å². The average Bonchev–Trinajstić information content (AvgIpc) is 3.15. The Morgan fingerprint density at radius 3 is 2.62 bits per heavy atom. The lowest BCUT2D eigenvalue weighted by Crippen LogP contribution is -2.56. The summed E-state index contributed by atoms with van der Waals surface area (Å²) in [6, 6.07) is 21.7. The normalized spacial score (nSPS) is 19.7. The van der Waals surface area contributed by atoms with Crippen molar-refractivity contribution in [1.82, 2.24) is 5.32 Å². The molecule has 39 heavy (non-hydrogen) atoms. The highest BCUT2D eigenvalue weighted by molar-refractivity contribution is 6.09. The Morgan fingerprint density at radius 1 is 0.949 bits per heavy atom. The van der Waals surface area contributed by atoms with E-state index in [1.165, 1.54) is 6.07 Å². The van der Waals surface area contributed by atoms with Gasteiger partial charge in [-0.05, 0) is 35.7 Å². The molecule has 0 radical (unpaired) electrons. The zero-order chi connectivity index (χ0) is 26.8. The number of rotatable bonds is 4. The summed E-state index contributed by atoms with van der Waals surface area (Å²) in [6.07, 6.45) is 10.4. The molecule has 2 aliphatic heterocycles. The van der Waals surface area contributed by atoms with Gasteiger partial charge in [-0.3, -0.25) is 4.79 Å². The van der Waals surface area contributed by atoms with Gasteiger partial charge in [0.1, 0.15) is 24.5 Å². The molecule has 7 heteroatoms. The Kier molecular flexibility index (Phi) is 6.44. The van der Waals surface area contributed by atoms with Gasteiger partial charge in [0.05, 0.1) is 12.8 Å². The number of benzene rings is 3. The maximum atomic E-state index is 14.2. The van der Waals surface area contributed by atoms with Crippen LogP contribution >= 0.6 is 0 Å². The van der Waals surface area contributed by atoms with Gasteiger partial charge in [0.15, 0.2) is 11.4 Å². The molecule has 3 aromatic carbocycles. The van der Waals surface area contributed by atoms with Crippen LogP contribution in [0.5, 0.6) is 5.75 Å². The third-order valence-corrected chi connectivity index (χ3v) is 7.38. The van der Waals surface area contributed by atoms with Crippen LogP contribution in [0.3, 0.4) is 0 Å². The molecule has 0 bridgehead atoms. The van der Waals surface area contributed by atoms with Crippen LogP contribution in [0.4, 0.5) is 5.69 Å². The summed E-state index contributed by atoms with van der Waals surface area (Å²) < 4.78 is 5.66. The van der Waals surface area contributed by atoms with Crippen molar-refractivity contribution in [3.05, 3.63) is 132 Å². The average molecular weight is 519 g/mol. The van der Waals surface area contributed by atoms with Gasteiger partial charge in [-0.25, -0.2) is 4.79 Å². The van der Waals surface area contributed by atoms with Gasteiger partial charge in [0.2, 0.25) is 0 Å². The van der Waals surface area contributed by atoms with Crippen molar-refractivity contribution in [3.63, 3.8) is 0 Å². The van der Waals surface area contributed by atoms with Crippen LogP contribution in [0.1, 0.15) is 27.1 Å². The molecule has 3 aliphatic rings. The van der Waals surface area contributed by atoms with Crippen molar-refractivity contribution in [3.8, 4) is 16.9 Å².